The molecule has 1 aliphatic carbocycles. The molecule has 4 nitrogen and oxygen atoms in total. The number of methoxy groups -OCH3 is 2. The second kappa shape index (κ2) is 7.38. The van der Waals surface area contributed by atoms with Crippen LogP contribution in [0.4, 0.5) is 0 Å². The third-order valence-corrected chi connectivity index (χ3v) is 6.09. The molecule has 2 heterocycles. The van der Waals surface area contributed by atoms with E-state index in [-0.39, 0.29) is 0 Å². The number of nitrogens with zero attached hydrogens (tertiary/aromatic N) is 2. The number of aryl methyl sites for hydroxylation is 1. The number of aliphatic imine (C=N–C) groups is 1. The number of hydrogen-bond acceptors (Lipinski definition) is 4. The summed E-state index contributed by atoms with van der Waals surface area (Å²) in [6.45, 7) is 0.702. The van der Waals surface area contributed by atoms with Crippen molar-refractivity contribution >= 4 is 17.6 Å². The van der Waals surface area contributed by atoms with Crippen LogP contribution >= 0.6 is 11.3 Å². The van der Waals surface area contributed by atoms with Crippen LogP contribution in [0.5, 0.6) is 11.5 Å². The van der Waals surface area contributed by atoms with Crippen molar-refractivity contribution in [3.8, 4) is 16.5 Å². The molecule has 0 radical (unpaired) electrons. The smallest absolute Gasteiger partial charge is 0.161 e. The van der Waals surface area contributed by atoms with Gasteiger partial charge in [-0.2, -0.15) is 0 Å². The standard InChI is InChI=1S/C21H22N2O2S/c1-24-18-9-8-15(12-19(18)25-2)13-22-14-17-16-6-5-7-20(16)26-21(17)23-10-3-4-11-23/h3-4,8-13H,5-7,14H2,1-2H3. The summed E-state index contributed by atoms with van der Waals surface area (Å²) in [5.41, 5.74) is 3.90. The summed E-state index contributed by atoms with van der Waals surface area (Å²) in [5, 5.41) is 1.31. The minimum absolute atomic E-state index is 0.702. The molecule has 0 atom stereocenters. The Morgan fingerprint density at radius 2 is 1.92 bits per heavy atom. The lowest BCUT2D eigenvalue weighted by Gasteiger charge is -2.08. The van der Waals surface area contributed by atoms with Gasteiger partial charge in [0.1, 0.15) is 5.00 Å². The Morgan fingerprint density at radius 1 is 1.12 bits per heavy atom. The molecule has 134 valence electrons. The van der Waals surface area contributed by atoms with Crippen LogP contribution in [0.2, 0.25) is 0 Å². The van der Waals surface area contributed by atoms with Gasteiger partial charge in [0.2, 0.25) is 0 Å². The maximum Gasteiger partial charge on any atom is 0.161 e. The average Bonchev–Trinajstić information content (AvgIpc) is 3.39. The second-order valence-corrected chi connectivity index (χ2v) is 7.40. The van der Waals surface area contributed by atoms with E-state index in [9.17, 15) is 0 Å². The van der Waals surface area contributed by atoms with Crippen molar-refractivity contribution < 1.29 is 9.47 Å². The summed E-state index contributed by atoms with van der Waals surface area (Å²) >= 11 is 1.92. The lowest BCUT2D eigenvalue weighted by Crippen LogP contribution is -1.96. The Kier molecular flexibility index (Phi) is 4.80. The highest BCUT2D eigenvalue weighted by atomic mass is 32.1. The van der Waals surface area contributed by atoms with Gasteiger partial charge < -0.3 is 14.0 Å². The zero-order valence-corrected chi connectivity index (χ0v) is 15.9. The quantitative estimate of drug-likeness (QED) is 0.595. The first kappa shape index (κ1) is 16.9. The summed E-state index contributed by atoms with van der Waals surface area (Å²) in [6, 6.07) is 10.00. The highest BCUT2D eigenvalue weighted by Crippen LogP contribution is 2.38. The molecule has 0 N–H and O–H groups in total. The minimum atomic E-state index is 0.702. The molecule has 2 aromatic heterocycles. The predicted octanol–water partition coefficient (Wildman–Crippen LogP) is 4.66. The van der Waals surface area contributed by atoms with Crippen LogP contribution in [0.15, 0.2) is 47.7 Å². The Balaban J connectivity index is 1.59. The molecule has 0 amide bonds. The van der Waals surface area contributed by atoms with Gasteiger partial charge in [-0.15, -0.1) is 11.3 Å². The van der Waals surface area contributed by atoms with Gasteiger partial charge in [-0.25, -0.2) is 0 Å². The summed E-state index contributed by atoms with van der Waals surface area (Å²) in [7, 11) is 3.29. The van der Waals surface area contributed by atoms with E-state index in [0.29, 0.717) is 6.54 Å². The lowest BCUT2D eigenvalue weighted by atomic mass is 10.1. The molecule has 3 aromatic rings. The van der Waals surface area contributed by atoms with Crippen LogP contribution in [0.3, 0.4) is 0 Å². The van der Waals surface area contributed by atoms with Crippen molar-refractivity contribution in [2.45, 2.75) is 25.8 Å². The van der Waals surface area contributed by atoms with Crippen molar-refractivity contribution in [1.82, 2.24) is 4.57 Å². The Morgan fingerprint density at radius 3 is 2.69 bits per heavy atom. The number of aromatic nitrogens is 1. The van der Waals surface area contributed by atoms with Crippen LogP contribution in [-0.2, 0) is 19.4 Å². The normalized spacial score (nSPS) is 13.3. The van der Waals surface area contributed by atoms with E-state index in [1.165, 1.54) is 40.3 Å². The Hall–Kier alpha value is -2.53. The van der Waals surface area contributed by atoms with Gasteiger partial charge in [0, 0.05) is 29.0 Å². The first-order valence-corrected chi connectivity index (χ1v) is 9.60. The van der Waals surface area contributed by atoms with E-state index in [2.05, 4.69) is 29.1 Å². The van der Waals surface area contributed by atoms with Crippen molar-refractivity contribution in [1.29, 1.82) is 0 Å². The average molecular weight is 366 g/mol. The van der Waals surface area contributed by atoms with E-state index in [0.717, 1.165) is 17.1 Å². The number of rotatable bonds is 6. The first-order chi connectivity index (χ1) is 12.8. The molecule has 0 spiro atoms. The van der Waals surface area contributed by atoms with E-state index in [1.807, 2.05) is 35.8 Å². The second-order valence-electron chi connectivity index (χ2n) is 6.32. The predicted molar refractivity (Wildman–Crippen MR) is 107 cm³/mol. The number of benzene rings is 1. The van der Waals surface area contributed by atoms with E-state index < -0.39 is 0 Å². The topological polar surface area (TPSA) is 35.8 Å². The van der Waals surface area contributed by atoms with Crippen LogP contribution in [0.1, 0.15) is 28.0 Å². The maximum absolute atomic E-state index is 5.37. The lowest BCUT2D eigenvalue weighted by molar-refractivity contribution is 0.355. The molecular weight excluding hydrogens is 344 g/mol. The molecule has 0 unspecified atom stereocenters. The van der Waals surface area contributed by atoms with Gasteiger partial charge >= 0.3 is 0 Å². The molecule has 0 fully saturated rings. The molecule has 1 aromatic carbocycles. The number of fused-ring (bicyclic) bond motifs is 1. The summed E-state index contributed by atoms with van der Waals surface area (Å²) in [6.07, 6.45) is 9.78. The Labute approximate surface area is 157 Å². The van der Waals surface area contributed by atoms with Crippen LogP contribution in [0, 0.1) is 0 Å². The van der Waals surface area contributed by atoms with Crippen molar-refractivity contribution in [3.05, 3.63) is 64.3 Å². The van der Waals surface area contributed by atoms with Gasteiger partial charge in [0.15, 0.2) is 11.5 Å². The fraction of sp³-hybridized carbons (Fsp3) is 0.286. The number of thiophene rings is 1. The maximum atomic E-state index is 5.37. The molecule has 4 rings (SSSR count). The third kappa shape index (κ3) is 3.15. The Bertz CT molecular complexity index is 926. The molecule has 0 saturated carbocycles. The van der Waals surface area contributed by atoms with Gasteiger partial charge in [0.25, 0.3) is 0 Å². The molecule has 0 saturated heterocycles. The molecule has 0 bridgehead atoms. The molecule has 5 heteroatoms. The first-order valence-electron chi connectivity index (χ1n) is 8.78. The van der Waals surface area contributed by atoms with Gasteiger partial charge in [-0.1, -0.05) is 0 Å². The molecule has 26 heavy (non-hydrogen) atoms. The van der Waals surface area contributed by atoms with Crippen molar-refractivity contribution in [2.24, 2.45) is 4.99 Å². The van der Waals surface area contributed by atoms with Gasteiger partial charge in [-0.3, -0.25) is 4.99 Å². The largest absolute Gasteiger partial charge is 0.493 e. The zero-order chi connectivity index (χ0) is 17.9. The van der Waals surface area contributed by atoms with E-state index in [1.54, 1.807) is 14.2 Å². The SMILES string of the molecule is COc1ccc(C=NCc2c(-n3cccc3)sc3c2CCC3)cc1OC. The van der Waals surface area contributed by atoms with Crippen LogP contribution < -0.4 is 9.47 Å². The van der Waals surface area contributed by atoms with Crippen LogP contribution in [-0.4, -0.2) is 25.0 Å². The minimum Gasteiger partial charge on any atom is -0.493 e. The third-order valence-electron chi connectivity index (χ3n) is 4.75. The van der Waals surface area contributed by atoms with Gasteiger partial charge in [0.05, 0.1) is 20.8 Å². The van der Waals surface area contributed by atoms with E-state index in [4.69, 9.17) is 14.5 Å². The van der Waals surface area contributed by atoms with E-state index >= 15 is 0 Å². The number of ether oxygens (including phenoxy) is 2. The van der Waals surface area contributed by atoms with Crippen molar-refractivity contribution in [3.63, 3.8) is 0 Å². The number of hydrogen-bond donors (Lipinski definition) is 0. The summed E-state index contributed by atoms with van der Waals surface area (Å²) < 4.78 is 12.9. The van der Waals surface area contributed by atoms with Crippen LogP contribution in [0.25, 0.3) is 5.00 Å². The molecule has 1 aliphatic rings. The summed E-state index contributed by atoms with van der Waals surface area (Å²) in [5.74, 6) is 1.45. The zero-order valence-electron chi connectivity index (χ0n) is 15.1. The fourth-order valence-electron chi connectivity index (χ4n) is 3.47. The van der Waals surface area contributed by atoms with Gasteiger partial charge in [-0.05, 0) is 60.7 Å². The highest BCUT2D eigenvalue weighted by molar-refractivity contribution is 7.15. The fourth-order valence-corrected chi connectivity index (χ4v) is 4.84. The van der Waals surface area contributed by atoms with Crippen molar-refractivity contribution in [2.75, 3.05) is 14.2 Å². The molecular formula is C21H22N2O2S. The molecule has 0 aliphatic heterocycles. The monoisotopic (exact) mass is 366 g/mol. The summed E-state index contributed by atoms with van der Waals surface area (Å²) in [4.78, 5) is 6.27. The highest BCUT2D eigenvalue weighted by Gasteiger charge is 2.22.